The molecule has 0 aromatic carbocycles. The Morgan fingerprint density at radius 2 is 1.26 bits per heavy atom. The maximum atomic E-state index is 9.64. The van der Waals surface area contributed by atoms with Crippen LogP contribution >= 0.6 is 0 Å². The third-order valence-electron chi connectivity index (χ3n) is 1.98. The number of hydrogen-bond donors (Lipinski definition) is 7. The van der Waals surface area contributed by atoms with E-state index in [-0.39, 0.29) is 12.8 Å². The number of rotatable bonds is 7. The third-order valence-corrected chi connectivity index (χ3v) is 1.98. The Morgan fingerprint density at radius 3 is 1.47 bits per heavy atom. The van der Waals surface area contributed by atoms with Gasteiger partial charge >= 0.3 is 11.9 Å². The fourth-order valence-corrected chi connectivity index (χ4v) is 0.835. The van der Waals surface area contributed by atoms with Crippen LogP contribution in [0.4, 0.5) is 0 Å². The Kier molecular flexibility index (Phi) is 11.2. The minimum Gasteiger partial charge on any atom is -0.481 e. The number of aliphatic hydroxyl groups is 5. The highest BCUT2D eigenvalue weighted by Crippen LogP contribution is 2.03. The van der Waals surface area contributed by atoms with Crippen LogP contribution in [0.2, 0.25) is 0 Å². The zero-order valence-electron chi connectivity index (χ0n) is 10.4. The van der Waals surface area contributed by atoms with Crippen molar-refractivity contribution in [3.8, 4) is 0 Å². The quantitative estimate of drug-likeness (QED) is 0.264. The Hall–Kier alpha value is -1.26. The van der Waals surface area contributed by atoms with Gasteiger partial charge in [0.05, 0.1) is 25.6 Å². The first-order chi connectivity index (χ1) is 8.63. The molecule has 0 aliphatic rings. The van der Waals surface area contributed by atoms with E-state index in [0.29, 0.717) is 0 Å². The van der Waals surface area contributed by atoms with Gasteiger partial charge < -0.3 is 35.7 Å². The Morgan fingerprint density at radius 1 is 0.895 bits per heavy atom. The van der Waals surface area contributed by atoms with Gasteiger partial charge in [0.25, 0.3) is 0 Å². The summed E-state index contributed by atoms with van der Waals surface area (Å²) >= 11 is 0. The summed E-state index contributed by atoms with van der Waals surface area (Å²) in [7, 11) is 0. The lowest BCUT2D eigenvalue weighted by molar-refractivity contribution is -0.143. The monoisotopic (exact) mass is 284 g/mol. The molecular weight excluding hydrogens is 264 g/mol. The second-order valence-electron chi connectivity index (χ2n) is 3.76. The topological polar surface area (TPSA) is 176 Å². The van der Waals surface area contributed by atoms with Gasteiger partial charge in [-0.15, -0.1) is 0 Å². The number of aliphatic carboxylic acids is 2. The van der Waals surface area contributed by atoms with E-state index in [1.54, 1.807) is 0 Å². The molecule has 9 nitrogen and oxygen atoms in total. The molecule has 4 atom stereocenters. The molecule has 0 aliphatic carbocycles. The van der Waals surface area contributed by atoms with Crippen molar-refractivity contribution in [3.63, 3.8) is 0 Å². The molecule has 0 radical (unpaired) electrons. The molecule has 0 bridgehead atoms. The molecule has 0 fully saturated rings. The summed E-state index contributed by atoms with van der Waals surface area (Å²) in [4.78, 5) is 19.3. The molecule has 114 valence electrons. The van der Waals surface area contributed by atoms with Crippen LogP contribution in [0, 0.1) is 0 Å². The predicted octanol–water partition coefficient (Wildman–Crippen LogP) is -2.62. The van der Waals surface area contributed by atoms with E-state index in [1.807, 2.05) is 0 Å². The Balaban J connectivity index is 0. The van der Waals surface area contributed by atoms with E-state index in [4.69, 9.17) is 35.7 Å². The van der Waals surface area contributed by atoms with Crippen molar-refractivity contribution >= 4 is 11.9 Å². The first-order valence-electron chi connectivity index (χ1n) is 5.40. The largest absolute Gasteiger partial charge is 0.481 e. The van der Waals surface area contributed by atoms with Gasteiger partial charge in [0.15, 0.2) is 0 Å². The number of carboxylic acids is 2. The zero-order valence-corrected chi connectivity index (χ0v) is 10.4. The van der Waals surface area contributed by atoms with Crippen LogP contribution in [0.1, 0.15) is 19.8 Å². The first kappa shape index (κ1) is 20.1. The lowest BCUT2D eigenvalue weighted by Gasteiger charge is -2.23. The van der Waals surface area contributed by atoms with Crippen molar-refractivity contribution in [2.75, 3.05) is 6.61 Å². The smallest absolute Gasteiger partial charge is 0.303 e. The average Bonchev–Trinajstić information content (AvgIpc) is 2.34. The number of aliphatic hydroxyl groups excluding tert-OH is 5. The maximum Gasteiger partial charge on any atom is 0.303 e. The molecule has 0 saturated heterocycles. The van der Waals surface area contributed by atoms with E-state index < -0.39 is 43.0 Å². The molecule has 0 unspecified atom stereocenters. The summed E-state index contributed by atoms with van der Waals surface area (Å²) in [6.07, 6.45) is -6.09. The second kappa shape index (κ2) is 10.6. The van der Waals surface area contributed by atoms with Crippen molar-refractivity contribution in [2.45, 2.75) is 44.2 Å². The molecule has 0 amide bonds. The summed E-state index contributed by atoms with van der Waals surface area (Å²) in [5.41, 5.74) is 0. The fraction of sp³-hybridized carbons (Fsp3) is 0.800. The maximum absolute atomic E-state index is 9.64. The molecule has 0 heterocycles. The standard InChI is InChI=1S/C6H14O5.C4H6O4/c1-3(8)5(10)6(11)4(9)2-7;5-3(6)1-2-4(7)8/h3-11H,2H2,1H3;1-2H2,(H,5,6)(H,7,8)/t3-,4-,5-,6-;/m0./s1. The molecule has 0 rings (SSSR count). The van der Waals surface area contributed by atoms with E-state index in [1.165, 1.54) is 6.92 Å². The van der Waals surface area contributed by atoms with Crippen molar-refractivity contribution in [1.82, 2.24) is 0 Å². The Labute approximate surface area is 109 Å². The minimum atomic E-state index is -1.51. The summed E-state index contributed by atoms with van der Waals surface area (Å²) in [5.74, 6) is -2.15. The van der Waals surface area contributed by atoms with E-state index in [9.17, 15) is 9.59 Å². The number of carbonyl (C=O) groups is 2. The van der Waals surface area contributed by atoms with Crippen molar-refractivity contribution in [3.05, 3.63) is 0 Å². The summed E-state index contributed by atoms with van der Waals surface area (Å²) in [6, 6.07) is 0. The molecule has 7 N–H and O–H groups in total. The van der Waals surface area contributed by atoms with Crippen LogP contribution in [0.25, 0.3) is 0 Å². The SMILES string of the molecule is C[C@H](O)[C@H](O)[C@@H](O)[C@@H](O)CO.O=C(O)CCC(=O)O. The molecular formula is C10H20O9. The highest BCUT2D eigenvalue weighted by molar-refractivity contribution is 5.75. The first-order valence-corrected chi connectivity index (χ1v) is 5.40. The van der Waals surface area contributed by atoms with Gasteiger partial charge in [-0.1, -0.05) is 0 Å². The zero-order chi connectivity index (χ0) is 15.6. The molecule has 0 saturated carbocycles. The van der Waals surface area contributed by atoms with Gasteiger partial charge in [0.2, 0.25) is 0 Å². The molecule has 9 heteroatoms. The lowest BCUT2D eigenvalue weighted by Crippen LogP contribution is -2.44. The van der Waals surface area contributed by atoms with Crippen LogP contribution in [0.15, 0.2) is 0 Å². The highest BCUT2D eigenvalue weighted by Gasteiger charge is 2.27. The van der Waals surface area contributed by atoms with E-state index in [2.05, 4.69) is 0 Å². The van der Waals surface area contributed by atoms with Crippen LogP contribution in [0.3, 0.4) is 0 Å². The van der Waals surface area contributed by atoms with Crippen LogP contribution in [0.5, 0.6) is 0 Å². The van der Waals surface area contributed by atoms with Crippen LogP contribution in [-0.2, 0) is 9.59 Å². The molecule has 0 spiro atoms. The van der Waals surface area contributed by atoms with Crippen LogP contribution < -0.4 is 0 Å². The average molecular weight is 284 g/mol. The summed E-state index contributed by atoms with van der Waals surface area (Å²) in [5, 5.41) is 59.5. The van der Waals surface area contributed by atoms with E-state index >= 15 is 0 Å². The molecule has 19 heavy (non-hydrogen) atoms. The molecule has 0 aromatic rings. The van der Waals surface area contributed by atoms with Crippen LogP contribution in [-0.4, -0.2) is 78.7 Å². The van der Waals surface area contributed by atoms with Crippen molar-refractivity contribution in [2.24, 2.45) is 0 Å². The van der Waals surface area contributed by atoms with Crippen molar-refractivity contribution in [1.29, 1.82) is 0 Å². The van der Waals surface area contributed by atoms with Gasteiger partial charge in [-0.2, -0.15) is 0 Å². The number of carboxylic acid groups (broad SMARTS) is 2. The van der Waals surface area contributed by atoms with Gasteiger partial charge in [0, 0.05) is 0 Å². The van der Waals surface area contributed by atoms with Gasteiger partial charge in [-0.05, 0) is 6.92 Å². The van der Waals surface area contributed by atoms with Gasteiger partial charge in [-0.25, -0.2) is 0 Å². The predicted molar refractivity (Wildman–Crippen MR) is 61.3 cm³/mol. The van der Waals surface area contributed by atoms with Crippen molar-refractivity contribution < 1.29 is 45.3 Å². The second-order valence-corrected chi connectivity index (χ2v) is 3.76. The lowest BCUT2D eigenvalue weighted by atomic mass is 10.1. The summed E-state index contributed by atoms with van der Waals surface area (Å²) < 4.78 is 0. The highest BCUT2D eigenvalue weighted by atomic mass is 16.4. The van der Waals surface area contributed by atoms with Gasteiger partial charge in [0.1, 0.15) is 18.3 Å². The minimum absolute atomic E-state index is 0.296. The number of hydrogen-bond acceptors (Lipinski definition) is 7. The third kappa shape index (κ3) is 11.6. The molecule has 0 aliphatic heterocycles. The van der Waals surface area contributed by atoms with E-state index in [0.717, 1.165) is 0 Å². The summed E-state index contributed by atoms with van der Waals surface area (Å²) in [6.45, 7) is 0.628. The molecule has 0 aromatic heterocycles. The normalized spacial score (nSPS) is 16.5. The Bertz CT molecular complexity index is 252. The fourth-order valence-electron chi connectivity index (χ4n) is 0.835. The van der Waals surface area contributed by atoms with Gasteiger partial charge in [-0.3, -0.25) is 9.59 Å².